The van der Waals surface area contributed by atoms with Crippen LogP contribution in [0.2, 0.25) is 10.0 Å². The molecule has 0 bridgehead atoms. The summed E-state index contributed by atoms with van der Waals surface area (Å²) in [5.74, 6) is 0.663. The van der Waals surface area contributed by atoms with Gasteiger partial charge in [0.15, 0.2) is 0 Å². The fourth-order valence-corrected chi connectivity index (χ4v) is 2.29. The van der Waals surface area contributed by atoms with Crippen LogP contribution in [0.15, 0.2) is 42.5 Å². The third-order valence-corrected chi connectivity index (χ3v) is 3.57. The van der Waals surface area contributed by atoms with Gasteiger partial charge in [-0.3, -0.25) is 4.79 Å². The molecule has 0 aliphatic heterocycles. The smallest absolute Gasteiger partial charge is 0.239 e. The van der Waals surface area contributed by atoms with Crippen LogP contribution >= 0.6 is 23.2 Å². The third-order valence-electron chi connectivity index (χ3n) is 3.02. The van der Waals surface area contributed by atoms with Gasteiger partial charge in [0.2, 0.25) is 5.91 Å². The molecule has 0 radical (unpaired) electrons. The standard InChI is InChI=1S/C16H16Cl2N2O2/c1-22-13-5-2-11(3-6-13)9-20-16(21)10-19-15-7-4-12(17)8-14(15)18/h2-8,19H,9-10H2,1H3,(H,20,21). The molecule has 4 nitrogen and oxygen atoms in total. The van der Waals surface area contributed by atoms with Gasteiger partial charge in [0.25, 0.3) is 0 Å². The van der Waals surface area contributed by atoms with Crippen LogP contribution < -0.4 is 15.4 Å². The number of methoxy groups -OCH3 is 1. The van der Waals surface area contributed by atoms with Gasteiger partial charge in [-0.1, -0.05) is 35.3 Å². The van der Waals surface area contributed by atoms with E-state index in [0.717, 1.165) is 11.3 Å². The number of carbonyl (C=O) groups excluding carboxylic acids is 1. The second-order valence-corrected chi connectivity index (χ2v) is 5.45. The average molecular weight is 339 g/mol. The number of nitrogens with one attached hydrogen (secondary N) is 2. The van der Waals surface area contributed by atoms with Crippen LogP contribution in [0.5, 0.6) is 5.75 Å². The maximum absolute atomic E-state index is 11.8. The van der Waals surface area contributed by atoms with Gasteiger partial charge in [-0.25, -0.2) is 0 Å². The Balaban J connectivity index is 1.80. The molecule has 2 N–H and O–H groups in total. The zero-order valence-electron chi connectivity index (χ0n) is 12.0. The van der Waals surface area contributed by atoms with E-state index in [1.165, 1.54) is 0 Å². The molecule has 2 rings (SSSR count). The number of benzene rings is 2. The molecule has 0 heterocycles. The summed E-state index contributed by atoms with van der Waals surface area (Å²) in [6, 6.07) is 12.6. The molecule has 0 aromatic heterocycles. The molecular weight excluding hydrogens is 323 g/mol. The molecular formula is C16H16Cl2N2O2. The molecule has 0 unspecified atom stereocenters. The number of anilines is 1. The number of hydrogen-bond donors (Lipinski definition) is 2. The second kappa shape index (κ2) is 7.92. The Morgan fingerprint density at radius 3 is 2.50 bits per heavy atom. The predicted molar refractivity (Wildman–Crippen MR) is 89.8 cm³/mol. The van der Waals surface area contributed by atoms with Gasteiger partial charge < -0.3 is 15.4 Å². The summed E-state index contributed by atoms with van der Waals surface area (Å²) >= 11 is 11.8. The van der Waals surface area contributed by atoms with Crippen molar-refractivity contribution in [3.63, 3.8) is 0 Å². The van der Waals surface area contributed by atoms with Gasteiger partial charge in [-0.2, -0.15) is 0 Å². The van der Waals surface area contributed by atoms with Crippen molar-refractivity contribution in [1.82, 2.24) is 5.32 Å². The lowest BCUT2D eigenvalue weighted by Gasteiger charge is -2.09. The summed E-state index contributed by atoms with van der Waals surface area (Å²) in [6.45, 7) is 0.594. The van der Waals surface area contributed by atoms with Crippen LogP contribution in [-0.4, -0.2) is 19.6 Å². The summed E-state index contributed by atoms with van der Waals surface area (Å²) in [6.07, 6.45) is 0. The molecule has 0 atom stereocenters. The van der Waals surface area contributed by atoms with Gasteiger partial charge in [0.05, 0.1) is 24.4 Å². The predicted octanol–water partition coefficient (Wildman–Crippen LogP) is 3.73. The van der Waals surface area contributed by atoms with E-state index in [4.69, 9.17) is 27.9 Å². The second-order valence-electron chi connectivity index (χ2n) is 4.60. The number of ether oxygens (including phenoxy) is 1. The lowest BCUT2D eigenvalue weighted by Crippen LogP contribution is -2.29. The van der Waals surface area contributed by atoms with Crippen LogP contribution in [0.1, 0.15) is 5.56 Å². The van der Waals surface area contributed by atoms with Crippen molar-refractivity contribution in [1.29, 1.82) is 0 Å². The first-order valence-corrected chi connectivity index (χ1v) is 7.42. The summed E-state index contributed by atoms with van der Waals surface area (Å²) in [4.78, 5) is 11.8. The summed E-state index contributed by atoms with van der Waals surface area (Å²) in [7, 11) is 1.62. The Morgan fingerprint density at radius 2 is 1.86 bits per heavy atom. The lowest BCUT2D eigenvalue weighted by atomic mass is 10.2. The minimum atomic E-state index is -0.123. The van der Waals surface area contributed by atoms with E-state index in [1.54, 1.807) is 25.3 Å². The monoisotopic (exact) mass is 338 g/mol. The third kappa shape index (κ3) is 4.83. The minimum absolute atomic E-state index is 0.123. The van der Waals surface area contributed by atoms with Gasteiger partial charge in [0, 0.05) is 11.6 Å². The number of rotatable bonds is 6. The van der Waals surface area contributed by atoms with Crippen LogP contribution in [-0.2, 0) is 11.3 Å². The zero-order valence-corrected chi connectivity index (χ0v) is 13.5. The van der Waals surface area contributed by atoms with Crippen LogP contribution in [0.3, 0.4) is 0 Å². The largest absolute Gasteiger partial charge is 0.497 e. The number of hydrogen-bond acceptors (Lipinski definition) is 3. The van der Waals surface area contributed by atoms with Crippen molar-refractivity contribution >= 4 is 34.8 Å². The van der Waals surface area contributed by atoms with Crippen molar-refractivity contribution in [2.24, 2.45) is 0 Å². The minimum Gasteiger partial charge on any atom is -0.497 e. The number of amides is 1. The normalized spacial score (nSPS) is 10.1. The van der Waals surface area contributed by atoms with E-state index in [-0.39, 0.29) is 12.5 Å². The lowest BCUT2D eigenvalue weighted by molar-refractivity contribution is -0.119. The molecule has 6 heteroatoms. The first-order chi connectivity index (χ1) is 10.6. The fourth-order valence-electron chi connectivity index (χ4n) is 1.81. The van der Waals surface area contributed by atoms with E-state index < -0.39 is 0 Å². The maximum Gasteiger partial charge on any atom is 0.239 e. The van der Waals surface area contributed by atoms with E-state index in [1.807, 2.05) is 24.3 Å². The Kier molecular flexibility index (Phi) is 5.92. The van der Waals surface area contributed by atoms with E-state index in [0.29, 0.717) is 22.3 Å². The Morgan fingerprint density at radius 1 is 1.14 bits per heavy atom. The van der Waals surface area contributed by atoms with Gasteiger partial charge in [-0.05, 0) is 35.9 Å². The van der Waals surface area contributed by atoms with Crippen LogP contribution in [0.4, 0.5) is 5.69 Å². The van der Waals surface area contributed by atoms with Crippen LogP contribution in [0.25, 0.3) is 0 Å². The van der Waals surface area contributed by atoms with Crippen molar-refractivity contribution < 1.29 is 9.53 Å². The number of carbonyl (C=O) groups is 1. The molecule has 0 spiro atoms. The average Bonchev–Trinajstić information content (AvgIpc) is 2.52. The molecule has 0 aliphatic rings. The molecule has 1 amide bonds. The summed E-state index contributed by atoms with van der Waals surface area (Å²) in [5.41, 5.74) is 1.67. The first-order valence-electron chi connectivity index (χ1n) is 6.67. The van der Waals surface area contributed by atoms with Crippen molar-refractivity contribution in [2.75, 3.05) is 19.0 Å². The molecule has 0 saturated carbocycles. The molecule has 0 fully saturated rings. The topological polar surface area (TPSA) is 50.4 Å². The highest BCUT2D eigenvalue weighted by Crippen LogP contribution is 2.24. The highest BCUT2D eigenvalue weighted by atomic mass is 35.5. The first kappa shape index (κ1) is 16.5. The molecule has 0 saturated heterocycles. The van der Waals surface area contributed by atoms with Gasteiger partial charge in [0.1, 0.15) is 5.75 Å². The maximum atomic E-state index is 11.8. The van der Waals surface area contributed by atoms with Crippen molar-refractivity contribution in [3.05, 3.63) is 58.1 Å². The van der Waals surface area contributed by atoms with Crippen molar-refractivity contribution in [2.45, 2.75) is 6.54 Å². The fraction of sp³-hybridized carbons (Fsp3) is 0.188. The highest BCUT2D eigenvalue weighted by Gasteiger charge is 2.05. The van der Waals surface area contributed by atoms with E-state index in [9.17, 15) is 4.79 Å². The summed E-state index contributed by atoms with van der Waals surface area (Å²) < 4.78 is 5.08. The molecule has 2 aromatic rings. The van der Waals surface area contributed by atoms with Crippen LogP contribution in [0, 0.1) is 0 Å². The van der Waals surface area contributed by atoms with E-state index in [2.05, 4.69) is 10.6 Å². The Labute approximate surface area is 139 Å². The highest BCUT2D eigenvalue weighted by molar-refractivity contribution is 6.36. The van der Waals surface area contributed by atoms with Crippen molar-refractivity contribution in [3.8, 4) is 5.75 Å². The Bertz CT molecular complexity index is 645. The quantitative estimate of drug-likeness (QED) is 0.843. The van der Waals surface area contributed by atoms with Gasteiger partial charge in [-0.15, -0.1) is 0 Å². The zero-order chi connectivity index (χ0) is 15.9. The van der Waals surface area contributed by atoms with Gasteiger partial charge >= 0.3 is 0 Å². The number of halogens is 2. The molecule has 22 heavy (non-hydrogen) atoms. The molecule has 116 valence electrons. The summed E-state index contributed by atoms with van der Waals surface area (Å²) in [5, 5.41) is 6.83. The van der Waals surface area contributed by atoms with E-state index >= 15 is 0 Å². The molecule has 2 aromatic carbocycles. The Hall–Kier alpha value is -1.91. The SMILES string of the molecule is COc1ccc(CNC(=O)CNc2ccc(Cl)cc2Cl)cc1. The molecule has 0 aliphatic carbocycles.